The minimum absolute atomic E-state index is 0.691. The van der Waals surface area contributed by atoms with Gasteiger partial charge in [-0.3, -0.25) is 0 Å². The molecule has 2 aromatic heterocycles. The summed E-state index contributed by atoms with van der Waals surface area (Å²) in [6.45, 7) is 0. The van der Waals surface area contributed by atoms with Gasteiger partial charge in [0.05, 0.1) is 11.4 Å². The van der Waals surface area contributed by atoms with Gasteiger partial charge in [0.15, 0.2) is 5.82 Å². The Kier molecular flexibility index (Phi) is 5.82. The summed E-state index contributed by atoms with van der Waals surface area (Å²) in [6, 6.07) is 54.9. The number of hydrogen-bond donors (Lipinski definition) is 0. The van der Waals surface area contributed by atoms with Crippen molar-refractivity contribution in [2.75, 3.05) is 0 Å². The number of hydrogen-bond acceptors (Lipinski definition) is 3. The first-order valence-corrected chi connectivity index (χ1v) is 15.2. The Labute approximate surface area is 260 Å². The molecule has 210 valence electrons. The Bertz CT molecular complexity index is 2470. The van der Waals surface area contributed by atoms with Crippen molar-refractivity contribution in [2.45, 2.75) is 0 Å². The maximum Gasteiger partial charge on any atom is 0.160 e. The van der Waals surface area contributed by atoms with E-state index in [0.717, 1.165) is 66.5 Å². The highest BCUT2D eigenvalue weighted by molar-refractivity contribution is 6.19. The van der Waals surface area contributed by atoms with Gasteiger partial charge in [0, 0.05) is 33.0 Å². The zero-order valence-electron chi connectivity index (χ0n) is 24.3. The quantitative estimate of drug-likeness (QED) is 0.210. The summed E-state index contributed by atoms with van der Waals surface area (Å²) in [5.74, 6) is 0.691. The van der Waals surface area contributed by atoms with Crippen LogP contribution in [0.15, 0.2) is 162 Å². The molecule has 0 spiro atoms. The first-order chi connectivity index (χ1) is 22.3. The third-order valence-electron chi connectivity index (χ3n) is 8.67. The molecule has 0 unspecified atom stereocenters. The van der Waals surface area contributed by atoms with Crippen LogP contribution in [0.4, 0.5) is 0 Å². The Hall–Kier alpha value is -6.06. The first kappa shape index (κ1) is 25.4. The Balaban J connectivity index is 1.38. The number of nitrogens with zero attached hydrogens (tertiary/aromatic N) is 2. The molecule has 0 bridgehead atoms. The third-order valence-corrected chi connectivity index (χ3v) is 8.67. The number of fused-ring (bicyclic) bond motifs is 5. The van der Waals surface area contributed by atoms with Crippen molar-refractivity contribution in [1.29, 1.82) is 0 Å². The summed E-state index contributed by atoms with van der Waals surface area (Å²) in [7, 11) is 0. The molecule has 9 aromatic rings. The van der Waals surface area contributed by atoms with Crippen LogP contribution in [0.25, 0.3) is 88.5 Å². The molecule has 0 aliphatic carbocycles. The van der Waals surface area contributed by atoms with E-state index in [1.165, 1.54) is 16.2 Å². The van der Waals surface area contributed by atoms with E-state index in [1.807, 2.05) is 36.4 Å². The molecule has 0 amide bonds. The van der Waals surface area contributed by atoms with Crippen molar-refractivity contribution >= 4 is 43.5 Å². The van der Waals surface area contributed by atoms with Crippen LogP contribution in [-0.2, 0) is 0 Å². The summed E-state index contributed by atoms with van der Waals surface area (Å²) in [5.41, 5.74) is 8.69. The summed E-state index contributed by atoms with van der Waals surface area (Å²) in [6.07, 6.45) is 0. The van der Waals surface area contributed by atoms with Gasteiger partial charge in [-0.2, -0.15) is 0 Å². The second-order valence-electron chi connectivity index (χ2n) is 11.4. The molecule has 0 N–H and O–H groups in total. The van der Waals surface area contributed by atoms with Crippen molar-refractivity contribution < 1.29 is 4.42 Å². The van der Waals surface area contributed by atoms with Gasteiger partial charge in [-0.05, 0) is 51.4 Å². The number of rotatable bonds is 4. The predicted octanol–water partition coefficient (Wildman–Crippen LogP) is 11.4. The van der Waals surface area contributed by atoms with Crippen LogP contribution in [0.5, 0.6) is 0 Å². The van der Waals surface area contributed by atoms with Gasteiger partial charge in [0.1, 0.15) is 11.2 Å². The smallest absolute Gasteiger partial charge is 0.160 e. The molecule has 0 fully saturated rings. The predicted molar refractivity (Wildman–Crippen MR) is 186 cm³/mol. The number of aromatic nitrogens is 2. The van der Waals surface area contributed by atoms with Crippen LogP contribution < -0.4 is 0 Å². The molecule has 0 atom stereocenters. The Morgan fingerprint density at radius 3 is 1.82 bits per heavy atom. The lowest BCUT2D eigenvalue weighted by Gasteiger charge is -2.12. The van der Waals surface area contributed by atoms with Crippen molar-refractivity contribution in [3.05, 3.63) is 158 Å². The van der Waals surface area contributed by atoms with E-state index in [-0.39, 0.29) is 0 Å². The van der Waals surface area contributed by atoms with Crippen molar-refractivity contribution in [3.63, 3.8) is 0 Å². The largest absolute Gasteiger partial charge is 0.455 e. The van der Waals surface area contributed by atoms with Crippen LogP contribution in [0.2, 0.25) is 0 Å². The van der Waals surface area contributed by atoms with Gasteiger partial charge in [-0.25, -0.2) is 9.97 Å². The highest BCUT2D eigenvalue weighted by Crippen LogP contribution is 2.44. The van der Waals surface area contributed by atoms with Crippen molar-refractivity contribution in [3.8, 4) is 45.0 Å². The second kappa shape index (κ2) is 10.3. The highest BCUT2D eigenvalue weighted by Gasteiger charge is 2.21. The van der Waals surface area contributed by atoms with E-state index in [4.69, 9.17) is 14.4 Å². The summed E-state index contributed by atoms with van der Waals surface area (Å²) >= 11 is 0. The summed E-state index contributed by atoms with van der Waals surface area (Å²) in [4.78, 5) is 10.2. The minimum Gasteiger partial charge on any atom is -0.455 e. The minimum atomic E-state index is 0.691. The van der Waals surface area contributed by atoms with E-state index < -0.39 is 0 Å². The fraction of sp³-hybridized carbons (Fsp3) is 0. The molecule has 45 heavy (non-hydrogen) atoms. The maximum atomic E-state index is 6.84. The summed E-state index contributed by atoms with van der Waals surface area (Å²) in [5, 5.41) is 6.84. The average molecular weight is 575 g/mol. The van der Waals surface area contributed by atoms with Gasteiger partial charge < -0.3 is 4.42 Å². The maximum absolute atomic E-state index is 6.84. The zero-order chi connectivity index (χ0) is 29.7. The van der Waals surface area contributed by atoms with E-state index in [9.17, 15) is 0 Å². The van der Waals surface area contributed by atoms with Gasteiger partial charge in [-0.1, -0.05) is 133 Å². The molecule has 7 aromatic carbocycles. The fourth-order valence-electron chi connectivity index (χ4n) is 6.51. The Morgan fingerprint density at radius 1 is 0.400 bits per heavy atom. The van der Waals surface area contributed by atoms with Gasteiger partial charge in [-0.15, -0.1) is 0 Å². The SMILES string of the molecule is c1ccc(-c2cc(-c3ccc(-c4cccc5ccccc45)c4oc5cc6ccccc6cc5c34)nc(-c3ccccc3)n2)cc1. The van der Waals surface area contributed by atoms with Gasteiger partial charge in [0.25, 0.3) is 0 Å². The molecule has 2 heterocycles. The van der Waals surface area contributed by atoms with Crippen molar-refractivity contribution in [1.82, 2.24) is 9.97 Å². The van der Waals surface area contributed by atoms with E-state index in [0.29, 0.717) is 5.82 Å². The molecule has 0 radical (unpaired) electrons. The second-order valence-corrected chi connectivity index (χ2v) is 11.4. The molecule has 0 aliphatic heterocycles. The van der Waals surface area contributed by atoms with Crippen molar-refractivity contribution in [2.24, 2.45) is 0 Å². The molecule has 0 saturated heterocycles. The zero-order valence-corrected chi connectivity index (χ0v) is 24.3. The summed E-state index contributed by atoms with van der Waals surface area (Å²) < 4.78 is 6.84. The van der Waals surface area contributed by atoms with Crippen LogP contribution in [0, 0.1) is 0 Å². The van der Waals surface area contributed by atoms with E-state index >= 15 is 0 Å². The fourth-order valence-corrected chi connectivity index (χ4v) is 6.51. The third kappa shape index (κ3) is 4.29. The van der Waals surface area contributed by atoms with Gasteiger partial charge in [0.2, 0.25) is 0 Å². The standard InChI is InChI=1S/C42H26N2O/c1-3-13-28(14-4-1)37-26-38(44-42(43-37)29-15-5-2-6-16-29)35-23-22-34(33-21-11-19-27-12-9-10-20-32(27)33)41-40(35)36-24-30-17-7-8-18-31(30)25-39(36)45-41/h1-26H. The molecule has 3 heteroatoms. The van der Waals surface area contributed by atoms with E-state index in [1.54, 1.807) is 0 Å². The lowest BCUT2D eigenvalue weighted by atomic mass is 9.93. The van der Waals surface area contributed by atoms with Gasteiger partial charge >= 0.3 is 0 Å². The van der Waals surface area contributed by atoms with Crippen LogP contribution in [0.1, 0.15) is 0 Å². The monoisotopic (exact) mass is 574 g/mol. The first-order valence-electron chi connectivity index (χ1n) is 15.2. The molecule has 9 rings (SSSR count). The van der Waals surface area contributed by atoms with Crippen LogP contribution in [-0.4, -0.2) is 9.97 Å². The number of benzene rings is 7. The number of furan rings is 1. The average Bonchev–Trinajstić information content (AvgIpc) is 3.49. The lowest BCUT2D eigenvalue weighted by Crippen LogP contribution is -1.96. The van der Waals surface area contributed by atoms with Crippen LogP contribution >= 0.6 is 0 Å². The molecular formula is C42H26N2O. The molecule has 0 aliphatic rings. The van der Waals surface area contributed by atoms with E-state index in [2.05, 4.69) is 121 Å². The normalized spacial score (nSPS) is 11.6. The molecule has 3 nitrogen and oxygen atoms in total. The molecular weight excluding hydrogens is 548 g/mol. The topological polar surface area (TPSA) is 38.9 Å². The Morgan fingerprint density at radius 2 is 1.02 bits per heavy atom. The van der Waals surface area contributed by atoms with Crippen LogP contribution in [0.3, 0.4) is 0 Å². The molecule has 0 saturated carbocycles. The lowest BCUT2D eigenvalue weighted by molar-refractivity contribution is 0.670. The highest BCUT2D eigenvalue weighted by atomic mass is 16.3.